The van der Waals surface area contributed by atoms with Crippen LogP contribution in [-0.2, 0) is 4.79 Å². The fourth-order valence-corrected chi connectivity index (χ4v) is 2.36. The summed E-state index contributed by atoms with van der Waals surface area (Å²) in [6.45, 7) is 2.14. The predicted molar refractivity (Wildman–Crippen MR) is 65.3 cm³/mol. The molecule has 0 aliphatic carbocycles. The third-order valence-corrected chi connectivity index (χ3v) is 3.20. The fraction of sp³-hybridized carbons (Fsp3) is 0.385. The molecule has 1 aliphatic rings. The summed E-state index contributed by atoms with van der Waals surface area (Å²) in [7, 11) is 0. The van der Waals surface area contributed by atoms with Gasteiger partial charge in [-0.25, -0.2) is 4.79 Å². The molecular formula is C13H14N2O3. The topological polar surface area (TPSA) is 84.6 Å². The summed E-state index contributed by atoms with van der Waals surface area (Å²) in [5, 5.41) is 27.6. The van der Waals surface area contributed by atoms with E-state index in [0.717, 1.165) is 11.3 Å². The minimum absolute atomic E-state index is 0.231. The van der Waals surface area contributed by atoms with Crippen LogP contribution in [0.15, 0.2) is 18.2 Å². The van der Waals surface area contributed by atoms with E-state index in [2.05, 4.69) is 0 Å². The number of aliphatic carboxylic acids is 1. The van der Waals surface area contributed by atoms with Gasteiger partial charge in [0.15, 0.2) is 0 Å². The van der Waals surface area contributed by atoms with Gasteiger partial charge >= 0.3 is 5.97 Å². The summed E-state index contributed by atoms with van der Waals surface area (Å²) < 4.78 is 0. The van der Waals surface area contributed by atoms with Gasteiger partial charge in [-0.1, -0.05) is 0 Å². The molecule has 5 heteroatoms. The van der Waals surface area contributed by atoms with E-state index >= 15 is 0 Å². The highest BCUT2D eigenvalue weighted by Crippen LogP contribution is 2.29. The number of benzene rings is 1. The Bertz CT molecular complexity index is 521. The van der Waals surface area contributed by atoms with E-state index in [1.165, 1.54) is 0 Å². The first kappa shape index (κ1) is 12.4. The molecule has 1 aliphatic heterocycles. The van der Waals surface area contributed by atoms with Crippen LogP contribution >= 0.6 is 0 Å². The number of anilines is 1. The average molecular weight is 246 g/mol. The van der Waals surface area contributed by atoms with E-state index in [1.54, 1.807) is 23.1 Å². The van der Waals surface area contributed by atoms with E-state index in [0.29, 0.717) is 12.1 Å². The lowest BCUT2D eigenvalue weighted by Crippen LogP contribution is -2.36. The molecule has 0 bridgehead atoms. The van der Waals surface area contributed by atoms with Crippen molar-refractivity contribution in [1.82, 2.24) is 0 Å². The van der Waals surface area contributed by atoms with Crippen LogP contribution in [0.3, 0.4) is 0 Å². The SMILES string of the molecule is Cc1cc(C#N)ccc1N1CC(O)CC1C(=O)O. The highest BCUT2D eigenvalue weighted by atomic mass is 16.4. The molecule has 2 N–H and O–H groups in total. The molecule has 2 unspecified atom stereocenters. The van der Waals surface area contributed by atoms with Crippen molar-refractivity contribution in [3.05, 3.63) is 29.3 Å². The zero-order valence-electron chi connectivity index (χ0n) is 10.00. The molecule has 5 nitrogen and oxygen atoms in total. The number of nitriles is 1. The van der Waals surface area contributed by atoms with E-state index in [9.17, 15) is 9.90 Å². The van der Waals surface area contributed by atoms with Crippen LogP contribution < -0.4 is 4.90 Å². The Morgan fingerprint density at radius 1 is 1.56 bits per heavy atom. The first-order chi connectivity index (χ1) is 8.52. The zero-order chi connectivity index (χ0) is 13.3. The maximum Gasteiger partial charge on any atom is 0.326 e. The van der Waals surface area contributed by atoms with Gasteiger partial charge in [-0.15, -0.1) is 0 Å². The number of aliphatic hydroxyl groups is 1. The van der Waals surface area contributed by atoms with Gasteiger partial charge in [-0.2, -0.15) is 5.26 Å². The molecular weight excluding hydrogens is 232 g/mol. The lowest BCUT2D eigenvalue weighted by molar-refractivity contribution is -0.138. The summed E-state index contributed by atoms with van der Waals surface area (Å²) in [5.41, 5.74) is 2.15. The second-order valence-corrected chi connectivity index (χ2v) is 4.51. The molecule has 2 atom stereocenters. The number of β-amino-alcohol motifs (C(OH)–C–C–N with tert-alkyl or cyclic N) is 1. The van der Waals surface area contributed by atoms with Crippen LogP contribution in [0, 0.1) is 18.3 Å². The fourth-order valence-electron chi connectivity index (χ4n) is 2.36. The minimum atomic E-state index is -0.935. The standard InChI is InChI=1S/C13H14N2O3/c1-8-4-9(6-14)2-3-11(8)15-7-10(16)5-12(15)13(17)18/h2-4,10,12,16H,5,7H2,1H3,(H,17,18). The third kappa shape index (κ3) is 2.15. The van der Waals surface area contributed by atoms with Crippen molar-refractivity contribution in [3.63, 3.8) is 0 Å². The van der Waals surface area contributed by atoms with Crippen LogP contribution in [0.5, 0.6) is 0 Å². The number of carbonyl (C=O) groups is 1. The molecule has 2 rings (SSSR count). The summed E-state index contributed by atoms with van der Waals surface area (Å²) >= 11 is 0. The van der Waals surface area contributed by atoms with Crippen LogP contribution in [0.4, 0.5) is 5.69 Å². The van der Waals surface area contributed by atoms with Gasteiger partial charge in [0.2, 0.25) is 0 Å². The van der Waals surface area contributed by atoms with Gasteiger partial charge in [0.05, 0.1) is 17.7 Å². The van der Waals surface area contributed by atoms with Crippen molar-refractivity contribution in [1.29, 1.82) is 5.26 Å². The van der Waals surface area contributed by atoms with Crippen molar-refractivity contribution >= 4 is 11.7 Å². The van der Waals surface area contributed by atoms with Crippen molar-refractivity contribution in [2.45, 2.75) is 25.5 Å². The Morgan fingerprint density at radius 3 is 2.83 bits per heavy atom. The quantitative estimate of drug-likeness (QED) is 0.809. The van der Waals surface area contributed by atoms with Crippen molar-refractivity contribution in [2.24, 2.45) is 0 Å². The molecule has 0 radical (unpaired) electrons. The zero-order valence-corrected chi connectivity index (χ0v) is 10.00. The van der Waals surface area contributed by atoms with Crippen molar-refractivity contribution in [3.8, 4) is 6.07 Å². The monoisotopic (exact) mass is 246 g/mol. The first-order valence-corrected chi connectivity index (χ1v) is 5.71. The van der Waals surface area contributed by atoms with Crippen LogP contribution in [0.25, 0.3) is 0 Å². The number of aliphatic hydroxyl groups excluding tert-OH is 1. The highest BCUT2D eigenvalue weighted by Gasteiger charge is 2.36. The number of nitrogens with zero attached hydrogens (tertiary/aromatic N) is 2. The molecule has 1 saturated heterocycles. The first-order valence-electron chi connectivity index (χ1n) is 5.71. The minimum Gasteiger partial charge on any atom is -0.480 e. The number of aryl methyl sites for hydroxylation is 1. The summed E-state index contributed by atoms with van der Waals surface area (Å²) in [4.78, 5) is 12.8. The Morgan fingerprint density at radius 2 is 2.28 bits per heavy atom. The van der Waals surface area contributed by atoms with Crippen molar-refractivity contribution in [2.75, 3.05) is 11.4 Å². The lowest BCUT2D eigenvalue weighted by Gasteiger charge is -2.25. The van der Waals surface area contributed by atoms with Crippen molar-refractivity contribution < 1.29 is 15.0 Å². The van der Waals surface area contributed by atoms with Gasteiger partial charge in [0, 0.05) is 18.7 Å². The van der Waals surface area contributed by atoms with E-state index in [1.807, 2.05) is 13.0 Å². The smallest absolute Gasteiger partial charge is 0.326 e. The molecule has 0 aromatic heterocycles. The van der Waals surface area contributed by atoms with Gasteiger partial charge in [-0.05, 0) is 30.7 Å². The Kier molecular flexibility index (Phi) is 3.21. The molecule has 1 aromatic rings. The number of hydrogen-bond acceptors (Lipinski definition) is 4. The van der Waals surface area contributed by atoms with E-state index in [-0.39, 0.29) is 6.42 Å². The summed E-state index contributed by atoms with van der Waals surface area (Å²) in [5.74, 6) is -0.935. The van der Waals surface area contributed by atoms with E-state index < -0.39 is 18.1 Å². The van der Waals surface area contributed by atoms with Gasteiger partial charge in [0.25, 0.3) is 0 Å². The Hall–Kier alpha value is -2.06. The molecule has 18 heavy (non-hydrogen) atoms. The number of hydrogen-bond donors (Lipinski definition) is 2. The lowest BCUT2D eigenvalue weighted by atomic mass is 10.1. The van der Waals surface area contributed by atoms with Gasteiger partial charge in [-0.3, -0.25) is 0 Å². The predicted octanol–water partition coefficient (Wildman–Crippen LogP) is 0.891. The highest BCUT2D eigenvalue weighted by molar-refractivity contribution is 5.80. The van der Waals surface area contributed by atoms with Crippen LogP contribution in [-0.4, -0.2) is 34.9 Å². The largest absolute Gasteiger partial charge is 0.480 e. The maximum atomic E-state index is 11.2. The molecule has 1 aromatic carbocycles. The maximum absolute atomic E-state index is 11.2. The second-order valence-electron chi connectivity index (χ2n) is 4.51. The molecule has 0 amide bonds. The number of carboxylic acid groups (broad SMARTS) is 1. The number of rotatable bonds is 2. The Balaban J connectivity index is 2.36. The molecule has 94 valence electrons. The number of carboxylic acids is 1. The second kappa shape index (κ2) is 4.67. The molecule has 0 spiro atoms. The molecule has 0 saturated carbocycles. The summed E-state index contributed by atoms with van der Waals surface area (Å²) in [6, 6.07) is 6.46. The van der Waals surface area contributed by atoms with E-state index in [4.69, 9.17) is 10.4 Å². The molecule has 1 fully saturated rings. The average Bonchev–Trinajstić information content (AvgIpc) is 2.71. The van der Waals surface area contributed by atoms with Gasteiger partial charge in [0.1, 0.15) is 6.04 Å². The Labute approximate surface area is 105 Å². The van der Waals surface area contributed by atoms with Crippen LogP contribution in [0.2, 0.25) is 0 Å². The summed E-state index contributed by atoms with van der Waals surface area (Å²) in [6.07, 6.45) is -0.393. The normalized spacial score (nSPS) is 22.8. The van der Waals surface area contributed by atoms with Crippen LogP contribution in [0.1, 0.15) is 17.5 Å². The van der Waals surface area contributed by atoms with Gasteiger partial charge < -0.3 is 15.1 Å². The third-order valence-electron chi connectivity index (χ3n) is 3.20. The molecule has 1 heterocycles.